The van der Waals surface area contributed by atoms with Crippen molar-refractivity contribution in [1.82, 2.24) is 0 Å². The molecule has 1 amide bonds. The third-order valence-electron chi connectivity index (χ3n) is 7.54. The lowest BCUT2D eigenvalue weighted by molar-refractivity contribution is 0.102. The number of hydrogen-bond acceptors (Lipinski definition) is 2. The molecule has 3 nitrogen and oxygen atoms in total. The van der Waals surface area contributed by atoms with E-state index in [0.717, 1.165) is 23.1 Å². The summed E-state index contributed by atoms with van der Waals surface area (Å²) in [6.45, 7) is 0. The number of anilines is 2. The largest absolute Gasteiger partial charge is 0.378 e. The Kier molecular flexibility index (Phi) is 4.15. The molecule has 3 heteroatoms. The summed E-state index contributed by atoms with van der Waals surface area (Å²) in [5.74, 6) is 2.67. The molecule has 0 aromatic heterocycles. The van der Waals surface area contributed by atoms with Gasteiger partial charge in [-0.25, -0.2) is 0 Å². The van der Waals surface area contributed by atoms with Crippen molar-refractivity contribution in [3.63, 3.8) is 0 Å². The van der Waals surface area contributed by atoms with E-state index in [1.165, 1.54) is 36.1 Å². The van der Waals surface area contributed by atoms with Gasteiger partial charge in [-0.15, -0.1) is 0 Å². The first kappa shape index (κ1) is 17.8. The molecular weight excluding hydrogens is 368 g/mol. The third-order valence-corrected chi connectivity index (χ3v) is 7.54. The number of carbonyl (C=O) groups is 1. The van der Waals surface area contributed by atoms with Gasteiger partial charge in [0.15, 0.2) is 0 Å². The predicted molar refractivity (Wildman–Crippen MR) is 121 cm³/mol. The van der Waals surface area contributed by atoms with Gasteiger partial charge in [0.25, 0.3) is 5.91 Å². The molecule has 0 unspecified atom stereocenters. The molecule has 2 saturated carbocycles. The Labute approximate surface area is 177 Å². The predicted octanol–water partition coefficient (Wildman–Crippen LogP) is 6.24. The topological polar surface area (TPSA) is 41.1 Å². The van der Waals surface area contributed by atoms with Gasteiger partial charge in [-0.3, -0.25) is 4.79 Å². The Morgan fingerprint density at radius 2 is 1.60 bits per heavy atom. The van der Waals surface area contributed by atoms with Gasteiger partial charge in [0.05, 0.1) is 6.04 Å². The van der Waals surface area contributed by atoms with Crippen molar-refractivity contribution in [2.24, 2.45) is 17.8 Å². The van der Waals surface area contributed by atoms with E-state index in [2.05, 4.69) is 53.1 Å². The average molecular weight is 395 g/mol. The van der Waals surface area contributed by atoms with Crippen molar-refractivity contribution < 1.29 is 4.79 Å². The first-order chi connectivity index (χ1) is 14.8. The molecule has 1 heterocycles. The summed E-state index contributed by atoms with van der Waals surface area (Å²) in [5.41, 5.74) is 5.52. The van der Waals surface area contributed by atoms with E-state index >= 15 is 0 Å². The Hall–Kier alpha value is -3.07. The second-order valence-electron chi connectivity index (χ2n) is 9.09. The van der Waals surface area contributed by atoms with Crippen LogP contribution in [0.2, 0.25) is 0 Å². The summed E-state index contributed by atoms with van der Waals surface area (Å²) in [4.78, 5) is 12.9. The van der Waals surface area contributed by atoms with E-state index in [9.17, 15) is 4.79 Å². The van der Waals surface area contributed by atoms with Gasteiger partial charge in [0, 0.05) is 16.9 Å². The molecule has 3 aromatic carbocycles. The fraction of sp³-hybridized carbons (Fsp3) is 0.296. The summed E-state index contributed by atoms with van der Waals surface area (Å²) >= 11 is 0. The van der Waals surface area contributed by atoms with Gasteiger partial charge in [-0.1, -0.05) is 48.5 Å². The van der Waals surface area contributed by atoms with Crippen LogP contribution in [0, 0.1) is 17.8 Å². The van der Waals surface area contributed by atoms with Crippen molar-refractivity contribution in [2.45, 2.75) is 31.2 Å². The molecule has 30 heavy (non-hydrogen) atoms. The normalized spacial score (nSPS) is 28.3. The zero-order chi connectivity index (χ0) is 20.1. The van der Waals surface area contributed by atoms with Crippen LogP contribution in [0.3, 0.4) is 0 Å². The van der Waals surface area contributed by atoms with Crippen molar-refractivity contribution in [1.29, 1.82) is 0 Å². The molecule has 0 saturated heterocycles. The minimum atomic E-state index is -0.0334. The van der Waals surface area contributed by atoms with Crippen LogP contribution >= 0.6 is 0 Å². The molecule has 2 N–H and O–H groups in total. The van der Waals surface area contributed by atoms with E-state index in [-0.39, 0.29) is 5.91 Å². The van der Waals surface area contributed by atoms with Gasteiger partial charge in [-0.05, 0) is 84.4 Å². The zero-order valence-electron chi connectivity index (χ0n) is 16.9. The van der Waals surface area contributed by atoms with E-state index in [0.29, 0.717) is 17.9 Å². The van der Waals surface area contributed by atoms with Crippen LogP contribution < -0.4 is 10.6 Å². The monoisotopic (exact) mass is 394 g/mol. The highest BCUT2D eigenvalue weighted by Crippen LogP contribution is 2.63. The zero-order valence-corrected chi connectivity index (χ0v) is 16.9. The summed E-state index contributed by atoms with van der Waals surface area (Å²) < 4.78 is 0. The van der Waals surface area contributed by atoms with Crippen molar-refractivity contribution in [3.8, 4) is 0 Å². The molecular formula is C27H26N2O. The van der Waals surface area contributed by atoms with E-state index in [1.807, 2.05) is 36.4 Å². The van der Waals surface area contributed by atoms with Crippen LogP contribution in [-0.4, -0.2) is 5.91 Å². The Morgan fingerprint density at radius 1 is 0.867 bits per heavy atom. The van der Waals surface area contributed by atoms with Crippen LogP contribution in [0.25, 0.3) is 0 Å². The number of para-hydroxylation sites is 1. The standard InChI is InChI=1S/C27H26N2O/c30-27(28-21-9-5-2-6-10-21)20-13-14-23-22(16-20)24-18-11-12-19(15-18)25(24)26(29-23)17-7-3-1-4-8-17/h1-10,13-14,16,18-19,24-26,29H,11-12,15H2,(H,28,30)/t18-,19+,24+,25-,26+/m0/s1. The highest BCUT2D eigenvalue weighted by atomic mass is 16.1. The Morgan fingerprint density at radius 3 is 2.40 bits per heavy atom. The maximum absolute atomic E-state index is 12.9. The van der Waals surface area contributed by atoms with Gasteiger partial charge < -0.3 is 10.6 Å². The number of hydrogen-bond donors (Lipinski definition) is 2. The number of fused-ring (bicyclic) bond motifs is 7. The maximum Gasteiger partial charge on any atom is 0.255 e. The fourth-order valence-electron chi connectivity index (χ4n) is 6.34. The van der Waals surface area contributed by atoms with Crippen LogP contribution in [0.1, 0.15) is 52.7 Å². The van der Waals surface area contributed by atoms with Gasteiger partial charge in [0.2, 0.25) is 0 Å². The molecule has 3 aliphatic rings. The number of amides is 1. The molecule has 150 valence electrons. The van der Waals surface area contributed by atoms with Gasteiger partial charge >= 0.3 is 0 Å². The fourth-order valence-corrected chi connectivity index (χ4v) is 6.34. The van der Waals surface area contributed by atoms with E-state index in [1.54, 1.807) is 0 Å². The summed E-state index contributed by atoms with van der Waals surface area (Å²) in [5, 5.41) is 6.89. The van der Waals surface area contributed by atoms with E-state index in [4.69, 9.17) is 0 Å². The minimum Gasteiger partial charge on any atom is -0.378 e. The van der Waals surface area contributed by atoms with Crippen molar-refractivity contribution >= 4 is 17.3 Å². The van der Waals surface area contributed by atoms with Crippen LogP contribution in [-0.2, 0) is 0 Å². The molecule has 2 fully saturated rings. The smallest absolute Gasteiger partial charge is 0.255 e. The lowest BCUT2D eigenvalue weighted by Crippen LogP contribution is -2.35. The molecule has 0 spiro atoms. The van der Waals surface area contributed by atoms with Crippen LogP contribution in [0.5, 0.6) is 0 Å². The number of nitrogens with one attached hydrogen (secondary N) is 2. The Bertz CT molecular complexity index is 1080. The summed E-state index contributed by atoms with van der Waals surface area (Å²) in [7, 11) is 0. The first-order valence-electron chi connectivity index (χ1n) is 11.1. The number of benzene rings is 3. The molecule has 1 aliphatic heterocycles. The highest BCUT2D eigenvalue weighted by molar-refractivity contribution is 6.04. The summed E-state index contributed by atoms with van der Waals surface area (Å²) in [6, 6.07) is 27.2. The molecule has 6 rings (SSSR count). The average Bonchev–Trinajstić information content (AvgIpc) is 3.42. The first-order valence-corrected chi connectivity index (χ1v) is 11.1. The molecule has 2 aliphatic carbocycles. The van der Waals surface area contributed by atoms with E-state index < -0.39 is 0 Å². The molecule has 5 atom stereocenters. The highest BCUT2D eigenvalue weighted by Gasteiger charge is 2.53. The number of carbonyl (C=O) groups excluding carboxylic acids is 1. The van der Waals surface area contributed by atoms with Crippen LogP contribution in [0.15, 0.2) is 78.9 Å². The van der Waals surface area contributed by atoms with Crippen LogP contribution in [0.4, 0.5) is 11.4 Å². The quantitative estimate of drug-likeness (QED) is 0.552. The molecule has 2 bridgehead atoms. The second-order valence-corrected chi connectivity index (χ2v) is 9.09. The lowest BCUT2D eigenvalue weighted by Gasteiger charge is -2.43. The van der Waals surface area contributed by atoms with Gasteiger partial charge in [-0.2, -0.15) is 0 Å². The number of rotatable bonds is 3. The molecule has 0 radical (unpaired) electrons. The SMILES string of the molecule is O=C(Nc1ccccc1)c1ccc2c(c1)[C@H]1[C@H]3CC[C@H](C3)[C@@H]1[C@@H](c1ccccc1)N2. The summed E-state index contributed by atoms with van der Waals surface area (Å²) in [6.07, 6.45) is 4.01. The molecule has 3 aromatic rings. The van der Waals surface area contributed by atoms with Crippen molar-refractivity contribution in [3.05, 3.63) is 95.6 Å². The second kappa shape index (κ2) is 7.02. The third kappa shape index (κ3) is 2.84. The Balaban J connectivity index is 1.36. The van der Waals surface area contributed by atoms with Gasteiger partial charge in [0.1, 0.15) is 0 Å². The maximum atomic E-state index is 12.9. The minimum absolute atomic E-state index is 0.0334. The van der Waals surface area contributed by atoms with Crippen molar-refractivity contribution in [2.75, 3.05) is 10.6 Å². The lowest BCUT2D eigenvalue weighted by atomic mass is 9.68.